The molecule has 1 aromatic rings. The van der Waals surface area contributed by atoms with E-state index >= 15 is 0 Å². The summed E-state index contributed by atoms with van der Waals surface area (Å²) in [7, 11) is 1.78. The first kappa shape index (κ1) is 12.3. The van der Waals surface area contributed by atoms with Gasteiger partial charge in [0.2, 0.25) is 5.91 Å². The highest BCUT2D eigenvalue weighted by Crippen LogP contribution is 2.33. The summed E-state index contributed by atoms with van der Waals surface area (Å²) >= 11 is 0. The van der Waals surface area contributed by atoms with Gasteiger partial charge in [-0.1, -0.05) is 0 Å². The van der Waals surface area contributed by atoms with Gasteiger partial charge in [-0.25, -0.2) is 4.79 Å². The Bertz CT molecular complexity index is 475. The summed E-state index contributed by atoms with van der Waals surface area (Å²) in [6.45, 7) is 0.696. The number of nitrogens with two attached hydrogens (primary N) is 1. The van der Waals surface area contributed by atoms with Gasteiger partial charge in [0, 0.05) is 31.8 Å². The number of likely N-dealkylation sites (tertiary alicyclic amines) is 1. The van der Waals surface area contributed by atoms with Gasteiger partial charge < -0.3 is 15.4 Å². The third kappa shape index (κ3) is 2.58. The third-order valence-electron chi connectivity index (χ3n) is 3.13. The number of carbonyl (C=O) groups excluding carboxylic acids is 2. The van der Waals surface area contributed by atoms with Crippen molar-refractivity contribution in [3.8, 4) is 5.75 Å². The Morgan fingerprint density at radius 1 is 1.61 bits per heavy atom. The Kier molecular flexibility index (Phi) is 3.45. The number of piperidine rings is 1. The molecule has 0 radical (unpaired) electrons. The number of aromatic nitrogens is 1. The van der Waals surface area contributed by atoms with Crippen LogP contribution in [0.2, 0.25) is 0 Å². The summed E-state index contributed by atoms with van der Waals surface area (Å²) in [5, 5.41) is 0. The number of primary amides is 1. The van der Waals surface area contributed by atoms with Crippen molar-refractivity contribution < 1.29 is 14.3 Å². The highest BCUT2D eigenvalue weighted by molar-refractivity contribution is 5.78. The minimum absolute atomic E-state index is 0.0473. The van der Waals surface area contributed by atoms with Crippen LogP contribution in [0.1, 0.15) is 24.3 Å². The molecule has 1 aromatic heterocycles. The summed E-state index contributed by atoms with van der Waals surface area (Å²) < 4.78 is 4.91. The van der Waals surface area contributed by atoms with Gasteiger partial charge in [0.1, 0.15) is 0 Å². The topological polar surface area (TPSA) is 85.5 Å². The van der Waals surface area contributed by atoms with Crippen LogP contribution in [0.15, 0.2) is 18.5 Å². The van der Waals surface area contributed by atoms with Gasteiger partial charge in [-0.3, -0.25) is 9.78 Å². The van der Waals surface area contributed by atoms with Gasteiger partial charge in [0.05, 0.1) is 6.20 Å². The fraction of sp³-hybridized carbons (Fsp3) is 0.417. The fourth-order valence-corrected chi connectivity index (χ4v) is 2.13. The molecule has 1 atom stereocenters. The zero-order valence-corrected chi connectivity index (χ0v) is 10.1. The van der Waals surface area contributed by atoms with Crippen LogP contribution in [-0.2, 0) is 4.79 Å². The molecule has 1 saturated heterocycles. The predicted octanol–water partition coefficient (Wildman–Crippen LogP) is 0.875. The average Bonchev–Trinajstić information content (AvgIpc) is 2.33. The summed E-state index contributed by atoms with van der Waals surface area (Å²) in [6, 6.07) is 1.77. The van der Waals surface area contributed by atoms with E-state index in [1.165, 1.54) is 6.20 Å². The maximum atomic E-state index is 11.7. The number of hydrogen-bond donors (Lipinski definition) is 1. The predicted molar refractivity (Wildman–Crippen MR) is 64.1 cm³/mol. The molecule has 6 heteroatoms. The highest BCUT2D eigenvalue weighted by Gasteiger charge is 2.27. The number of nitrogens with zero attached hydrogens (tertiary/aromatic N) is 2. The van der Waals surface area contributed by atoms with Crippen molar-refractivity contribution in [2.75, 3.05) is 13.6 Å². The average molecular weight is 249 g/mol. The highest BCUT2D eigenvalue weighted by atomic mass is 16.5. The lowest BCUT2D eigenvalue weighted by molar-refractivity contribution is -0.132. The summed E-state index contributed by atoms with van der Waals surface area (Å²) in [5.41, 5.74) is 5.82. The van der Waals surface area contributed by atoms with Crippen molar-refractivity contribution >= 4 is 12.0 Å². The first-order chi connectivity index (χ1) is 8.58. The van der Waals surface area contributed by atoms with Gasteiger partial charge in [-0.15, -0.1) is 0 Å². The first-order valence-electron chi connectivity index (χ1n) is 5.73. The number of amides is 2. The molecule has 1 fully saturated rings. The van der Waals surface area contributed by atoms with Crippen LogP contribution in [0.25, 0.3) is 0 Å². The van der Waals surface area contributed by atoms with Crippen molar-refractivity contribution in [2.45, 2.75) is 18.8 Å². The van der Waals surface area contributed by atoms with Crippen LogP contribution in [0.4, 0.5) is 4.79 Å². The van der Waals surface area contributed by atoms with E-state index < -0.39 is 6.09 Å². The van der Waals surface area contributed by atoms with Gasteiger partial charge in [0.15, 0.2) is 5.75 Å². The van der Waals surface area contributed by atoms with Crippen molar-refractivity contribution in [1.82, 2.24) is 9.88 Å². The molecule has 0 saturated carbocycles. The SMILES string of the molecule is CN1CCC(c2ccncc2OC(N)=O)CC1=O. The van der Waals surface area contributed by atoms with Gasteiger partial charge >= 0.3 is 6.09 Å². The number of hydrogen-bond acceptors (Lipinski definition) is 4. The third-order valence-corrected chi connectivity index (χ3v) is 3.13. The van der Waals surface area contributed by atoms with Gasteiger partial charge in [0.25, 0.3) is 0 Å². The molecule has 2 heterocycles. The maximum absolute atomic E-state index is 11.7. The molecule has 1 aliphatic rings. The second-order valence-electron chi connectivity index (χ2n) is 4.34. The van der Waals surface area contributed by atoms with Crippen LogP contribution in [0.5, 0.6) is 5.75 Å². The van der Waals surface area contributed by atoms with Gasteiger partial charge in [-0.05, 0) is 18.4 Å². The summed E-state index contributed by atoms with van der Waals surface area (Å²) in [6.07, 6.45) is 3.44. The largest absolute Gasteiger partial charge is 0.410 e. The minimum atomic E-state index is -0.872. The molecule has 2 rings (SSSR count). The standard InChI is InChI=1S/C12H15N3O3/c1-15-5-3-8(6-11(15)16)9-2-4-14-7-10(9)18-12(13)17/h2,4,7-8H,3,5-6H2,1H3,(H2,13,17). The number of ether oxygens (including phenoxy) is 1. The lowest BCUT2D eigenvalue weighted by atomic mass is 9.89. The van der Waals surface area contributed by atoms with E-state index in [2.05, 4.69) is 4.98 Å². The van der Waals surface area contributed by atoms with Crippen molar-refractivity contribution in [3.63, 3.8) is 0 Å². The number of rotatable bonds is 2. The lowest BCUT2D eigenvalue weighted by Crippen LogP contribution is -2.35. The Labute approximate surface area is 105 Å². The smallest absolute Gasteiger partial charge is 0.409 e. The summed E-state index contributed by atoms with van der Waals surface area (Å²) in [4.78, 5) is 28.1. The first-order valence-corrected chi connectivity index (χ1v) is 5.73. The van der Waals surface area contributed by atoms with E-state index in [4.69, 9.17) is 10.5 Å². The van der Waals surface area contributed by atoms with Crippen LogP contribution in [0.3, 0.4) is 0 Å². The molecular formula is C12H15N3O3. The molecule has 18 heavy (non-hydrogen) atoms. The second-order valence-corrected chi connectivity index (χ2v) is 4.34. The maximum Gasteiger partial charge on any atom is 0.410 e. The van der Waals surface area contributed by atoms with E-state index in [9.17, 15) is 9.59 Å². The van der Waals surface area contributed by atoms with Crippen LogP contribution in [0, 0.1) is 0 Å². The molecule has 1 unspecified atom stereocenters. The molecular weight excluding hydrogens is 234 g/mol. The Morgan fingerprint density at radius 3 is 3.06 bits per heavy atom. The van der Waals surface area contributed by atoms with E-state index in [1.807, 2.05) is 0 Å². The lowest BCUT2D eigenvalue weighted by Gasteiger charge is -2.29. The molecule has 1 aliphatic heterocycles. The molecule has 2 amide bonds. The minimum Gasteiger partial charge on any atom is -0.409 e. The van der Waals surface area contributed by atoms with Crippen molar-refractivity contribution in [1.29, 1.82) is 0 Å². The summed E-state index contributed by atoms with van der Waals surface area (Å²) in [5.74, 6) is 0.478. The van der Waals surface area contributed by atoms with Crippen molar-refractivity contribution in [2.24, 2.45) is 5.73 Å². The van der Waals surface area contributed by atoms with Crippen LogP contribution < -0.4 is 10.5 Å². The monoisotopic (exact) mass is 249 g/mol. The van der Waals surface area contributed by atoms with Crippen molar-refractivity contribution in [3.05, 3.63) is 24.0 Å². The molecule has 0 bridgehead atoms. The molecule has 2 N–H and O–H groups in total. The Hall–Kier alpha value is -2.11. The zero-order chi connectivity index (χ0) is 13.1. The second kappa shape index (κ2) is 5.03. The normalized spacial score (nSPS) is 19.7. The molecule has 0 aromatic carbocycles. The fourth-order valence-electron chi connectivity index (χ4n) is 2.13. The van der Waals surface area contributed by atoms with Crippen LogP contribution in [-0.4, -0.2) is 35.5 Å². The van der Waals surface area contributed by atoms with Gasteiger partial charge in [-0.2, -0.15) is 0 Å². The zero-order valence-electron chi connectivity index (χ0n) is 10.1. The quantitative estimate of drug-likeness (QED) is 0.842. The molecule has 96 valence electrons. The van der Waals surface area contributed by atoms with E-state index in [-0.39, 0.29) is 11.8 Å². The molecule has 0 aliphatic carbocycles. The Morgan fingerprint density at radius 2 is 2.39 bits per heavy atom. The number of carbonyl (C=O) groups is 2. The Balaban J connectivity index is 2.22. The molecule has 0 spiro atoms. The van der Waals surface area contributed by atoms with E-state index in [0.29, 0.717) is 18.7 Å². The van der Waals surface area contributed by atoms with Crippen LogP contribution >= 0.6 is 0 Å². The van der Waals surface area contributed by atoms with E-state index in [0.717, 1.165) is 12.0 Å². The van der Waals surface area contributed by atoms with E-state index in [1.54, 1.807) is 24.2 Å². The molecule has 6 nitrogen and oxygen atoms in total. The number of pyridine rings is 1.